The lowest BCUT2D eigenvalue weighted by Crippen LogP contribution is -2.13. The van der Waals surface area contributed by atoms with Crippen LogP contribution in [0.5, 0.6) is 0 Å². The topological polar surface area (TPSA) is 29.3 Å². The normalized spacial score (nSPS) is 17.6. The Balaban J connectivity index is 1.74. The lowest BCUT2D eigenvalue weighted by molar-refractivity contribution is 0.598. The largest absolute Gasteiger partial charge is 0.423 e. The van der Waals surface area contributed by atoms with Crippen molar-refractivity contribution in [1.82, 2.24) is 4.98 Å². The summed E-state index contributed by atoms with van der Waals surface area (Å²) in [6.07, 6.45) is 9.57. The highest BCUT2D eigenvalue weighted by Crippen LogP contribution is 2.32. The molecule has 0 spiro atoms. The fourth-order valence-electron chi connectivity index (χ4n) is 2.46. The van der Waals surface area contributed by atoms with Gasteiger partial charge in [-0.2, -0.15) is 4.98 Å². The number of nitrogens with zero attached hydrogens (tertiary/aromatic N) is 2. The molecule has 0 saturated carbocycles. The molecule has 0 fully saturated rings. The summed E-state index contributed by atoms with van der Waals surface area (Å²) in [5.41, 5.74) is 4.40. The smallest absolute Gasteiger partial charge is 0.302 e. The molecular weight excluding hydrogens is 304 g/mol. The average Bonchev–Trinajstić information content (AvgIpc) is 3.00. The van der Waals surface area contributed by atoms with Gasteiger partial charge in [-0.3, -0.25) is 4.90 Å². The first kappa shape index (κ1) is 11.1. The van der Waals surface area contributed by atoms with Gasteiger partial charge in [-0.1, -0.05) is 34.2 Å². The molecule has 0 amide bonds. The summed E-state index contributed by atoms with van der Waals surface area (Å²) >= 11 is 3.45. The van der Waals surface area contributed by atoms with Gasteiger partial charge >= 0.3 is 6.01 Å². The molecule has 1 aliphatic heterocycles. The van der Waals surface area contributed by atoms with Crippen LogP contribution in [0.15, 0.2) is 62.7 Å². The van der Waals surface area contributed by atoms with Gasteiger partial charge in [-0.05, 0) is 35.8 Å². The van der Waals surface area contributed by atoms with Gasteiger partial charge in [0.15, 0.2) is 5.58 Å². The minimum absolute atomic E-state index is 0.663. The first-order valence-corrected chi connectivity index (χ1v) is 6.98. The van der Waals surface area contributed by atoms with Gasteiger partial charge in [0.25, 0.3) is 0 Å². The Hall–Kier alpha value is -1.81. The van der Waals surface area contributed by atoms with Crippen molar-refractivity contribution in [3.63, 3.8) is 0 Å². The number of rotatable bonds is 1. The zero-order chi connectivity index (χ0) is 12.8. The van der Waals surface area contributed by atoms with Crippen LogP contribution in [0.25, 0.3) is 11.1 Å². The van der Waals surface area contributed by atoms with E-state index in [9.17, 15) is 0 Å². The first-order chi connectivity index (χ1) is 9.29. The van der Waals surface area contributed by atoms with Crippen LogP contribution in [-0.2, 0) is 0 Å². The lowest BCUT2D eigenvalue weighted by Gasteiger charge is -2.09. The molecular formula is C15H11BrN2O. The fourth-order valence-corrected chi connectivity index (χ4v) is 2.81. The summed E-state index contributed by atoms with van der Waals surface area (Å²) in [4.78, 5) is 6.62. The fraction of sp³-hybridized carbons (Fsp3) is 0.133. The number of oxazole rings is 1. The van der Waals surface area contributed by atoms with Crippen molar-refractivity contribution in [2.45, 2.75) is 6.42 Å². The van der Waals surface area contributed by atoms with E-state index in [1.165, 1.54) is 11.1 Å². The van der Waals surface area contributed by atoms with E-state index >= 15 is 0 Å². The van der Waals surface area contributed by atoms with Crippen molar-refractivity contribution in [3.05, 3.63) is 58.2 Å². The van der Waals surface area contributed by atoms with Crippen LogP contribution in [0.4, 0.5) is 6.01 Å². The Bertz CT molecular complexity index is 755. The number of halogens is 1. The van der Waals surface area contributed by atoms with E-state index in [0.29, 0.717) is 6.01 Å². The first-order valence-electron chi connectivity index (χ1n) is 6.19. The number of fused-ring (bicyclic) bond motifs is 2. The highest BCUT2D eigenvalue weighted by Gasteiger charge is 2.22. The number of aromatic nitrogens is 1. The van der Waals surface area contributed by atoms with Crippen molar-refractivity contribution < 1.29 is 4.42 Å². The zero-order valence-electron chi connectivity index (χ0n) is 10.1. The molecule has 2 aliphatic rings. The predicted molar refractivity (Wildman–Crippen MR) is 79.0 cm³/mol. The van der Waals surface area contributed by atoms with Crippen molar-refractivity contribution in [2.75, 3.05) is 11.4 Å². The summed E-state index contributed by atoms with van der Waals surface area (Å²) in [6.45, 7) is 0.841. The van der Waals surface area contributed by atoms with Crippen LogP contribution < -0.4 is 4.90 Å². The molecule has 2 heterocycles. The van der Waals surface area contributed by atoms with Gasteiger partial charge in [-0.25, -0.2) is 0 Å². The standard InChI is InChI=1S/C15H11BrN2O/c16-12-5-6-14-13(7-12)17-15(19-14)18-8-10-3-1-2-4-11(10)9-18/h1-3,5-7,9H,4,8H2. The molecule has 4 heteroatoms. The monoisotopic (exact) mass is 314 g/mol. The minimum atomic E-state index is 0.663. The molecule has 94 valence electrons. The molecule has 0 saturated heterocycles. The second kappa shape index (κ2) is 4.10. The summed E-state index contributed by atoms with van der Waals surface area (Å²) in [5.74, 6) is 0. The van der Waals surface area contributed by atoms with Crippen LogP contribution in [0.2, 0.25) is 0 Å². The molecule has 4 rings (SSSR count). The minimum Gasteiger partial charge on any atom is -0.423 e. The van der Waals surface area contributed by atoms with Gasteiger partial charge in [0.1, 0.15) is 5.52 Å². The van der Waals surface area contributed by atoms with E-state index in [1.54, 1.807) is 0 Å². The van der Waals surface area contributed by atoms with E-state index in [4.69, 9.17) is 4.42 Å². The Labute approximate surface area is 119 Å². The molecule has 0 unspecified atom stereocenters. The van der Waals surface area contributed by atoms with E-state index in [2.05, 4.69) is 50.2 Å². The molecule has 0 N–H and O–H groups in total. The maximum Gasteiger partial charge on any atom is 0.302 e. The third-order valence-electron chi connectivity index (χ3n) is 3.42. The van der Waals surface area contributed by atoms with E-state index in [0.717, 1.165) is 28.5 Å². The number of allylic oxidation sites excluding steroid dienone is 3. The van der Waals surface area contributed by atoms with E-state index < -0.39 is 0 Å². The quantitative estimate of drug-likeness (QED) is 0.790. The Morgan fingerprint density at radius 1 is 1.26 bits per heavy atom. The number of hydrogen-bond donors (Lipinski definition) is 0. The van der Waals surface area contributed by atoms with Gasteiger partial charge in [0, 0.05) is 10.7 Å². The maximum atomic E-state index is 5.81. The van der Waals surface area contributed by atoms with E-state index in [1.807, 2.05) is 18.2 Å². The van der Waals surface area contributed by atoms with Crippen molar-refractivity contribution in [1.29, 1.82) is 0 Å². The number of hydrogen-bond acceptors (Lipinski definition) is 3. The van der Waals surface area contributed by atoms with Gasteiger partial charge in [0.05, 0.1) is 6.54 Å². The highest BCUT2D eigenvalue weighted by molar-refractivity contribution is 9.10. The van der Waals surface area contributed by atoms with Crippen LogP contribution >= 0.6 is 15.9 Å². The second-order valence-electron chi connectivity index (χ2n) is 4.71. The Kier molecular flexibility index (Phi) is 2.38. The van der Waals surface area contributed by atoms with E-state index in [-0.39, 0.29) is 0 Å². The lowest BCUT2D eigenvalue weighted by atomic mass is 10.0. The maximum absolute atomic E-state index is 5.81. The van der Waals surface area contributed by atoms with Crippen molar-refractivity contribution in [2.24, 2.45) is 0 Å². The van der Waals surface area contributed by atoms with Crippen LogP contribution in [0.3, 0.4) is 0 Å². The molecule has 1 aromatic heterocycles. The molecule has 0 radical (unpaired) electrons. The molecule has 2 aromatic rings. The Morgan fingerprint density at radius 2 is 2.21 bits per heavy atom. The molecule has 1 aliphatic carbocycles. The van der Waals surface area contributed by atoms with Gasteiger partial charge in [-0.15, -0.1) is 0 Å². The number of benzene rings is 1. The summed E-state index contributed by atoms with van der Waals surface area (Å²) in [6, 6.07) is 6.54. The summed E-state index contributed by atoms with van der Waals surface area (Å²) in [7, 11) is 0. The van der Waals surface area contributed by atoms with Crippen molar-refractivity contribution in [3.8, 4) is 0 Å². The highest BCUT2D eigenvalue weighted by atomic mass is 79.9. The second-order valence-corrected chi connectivity index (χ2v) is 5.63. The molecule has 1 aromatic carbocycles. The van der Waals surface area contributed by atoms with Gasteiger partial charge in [0.2, 0.25) is 0 Å². The van der Waals surface area contributed by atoms with Crippen LogP contribution in [0.1, 0.15) is 6.42 Å². The van der Waals surface area contributed by atoms with Gasteiger partial charge < -0.3 is 4.42 Å². The molecule has 3 nitrogen and oxygen atoms in total. The summed E-state index contributed by atoms with van der Waals surface area (Å²) < 4.78 is 6.83. The third-order valence-corrected chi connectivity index (χ3v) is 3.91. The van der Waals surface area contributed by atoms with Crippen molar-refractivity contribution >= 4 is 33.0 Å². The summed E-state index contributed by atoms with van der Waals surface area (Å²) in [5, 5.41) is 0. The SMILES string of the molecule is Brc1ccc2oc(N3C=C4CC=CC=C4C3)nc2c1. The molecule has 0 bridgehead atoms. The van der Waals surface area contributed by atoms with Crippen LogP contribution in [-0.4, -0.2) is 11.5 Å². The average molecular weight is 315 g/mol. The zero-order valence-corrected chi connectivity index (χ0v) is 11.7. The molecule has 19 heavy (non-hydrogen) atoms. The van der Waals surface area contributed by atoms with Crippen LogP contribution in [0, 0.1) is 0 Å². The molecule has 0 atom stereocenters. The third kappa shape index (κ3) is 1.83. The number of anilines is 1. The Morgan fingerprint density at radius 3 is 3.11 bits per heavy atom. The predicted octanol–water partition coefficient (Wildman–Crippen LogP) is 4.18.